The highest BCUT2D eigenvalue weighted by atomic mass is 19.1. The van der Waals surface area contributed by atoms with Gasteiger partial charge in [-0.3, -0.25) is 9.59 Å². The molecule has 2 heterocycles. The Hall–Kier alpha value is -4.01. The zero-order chi connectivity index (χ0) is 22.7. The SMILES string of the molecule is NC(=O)c1cnc(Nc2ccc(C(=O)N3CCC3)cc2)cc1NCc1cc(F)ccc1F. The van der Waals surface area contributed by atoms with Gasteiger partial charge in [-0.25, -0.2) is 13.8 Å². The average Bonchev–Trinajstić information content (AvgIpc) is 2.73. The molecule has 2 aromatic carbocycles. The maximum Gasteiger partial charge on any atom is 0.253 e. The van der Waals surface area contributed by atoms with Gasteiger partial charge >= 0.3 is 0 Å². The van der Waals surface area contributed by atoms with Gasteiger partial charge in [0.2, 0.25) is 0 Å². The number of nitrogens with zero attached hydrogens (tertiary/aromatic N) is 2. The van der Waals surface area contributed by atoms with Gasteiger partial charge in [0.15, 0.2) is 0 Å². The minimum absolute atomic E-state index is 0.00260. The van der Waals surface area contributed by atoms with Gasteiger partial charge in [0.1, 0.15) is 17.5 Å². The summed E-state index contributed by atoms with van der Waals surface area (Å²) in [5, 5.41) is 6.01. The van der Waals surface area contributed by atoms with E-state index in [4.69, 9.17) is 5.73 Å². The second-order valence-electron chi connectivity index (χ2n) is 7.42. The van der Waals surface area contributed by atoms with Crippen LogP contribution in [-0.4, -0.2) is 34.8 Å². The highest BCUT2D eigenvalue weighted by Gasteiger charge is 2.21. The molecule has 3 aromatic rings. The molecule has 4 rings (SSSR count). The molecule has 0 unspecified atom stereocenters. The van der Waals surface area contributed by atoms with Crippen LogP contribution in [0, 0.1) is 11.6 Å². The van der Waals surface area contributed by atoms with E-state index in [-0.39, 0.29) is 23.6 Å². The van der Waals surface area contributed by atoms with Gasteiger partial charge in [-0.2, -0.15) is 0 Å². The summed E-state index contributed by atoms with van der Waals surface area (Å²) in [6, 6.07) is 11.7. The van der Waals surface area contributed by atoms with Crippen LogP contribution >= 0.6 is 0 Å². The van der Waals surface area contributed by atoms with E-state index in [1.54, 1.807) is 35.2 Å². The number of hydrogen-bond donors (Lipinski definition) is 3. The van der Waals surface area contributed by atoms with Crippen LogP contribution in [0.15, 0.2) is 54.7 Å². The van der Waals surface area contributed by atoms with Crippen molar-refractivity contribution in [3.8, 4) is 0 Å². The first-order valence-corrected chi connectivity index (χ1v) is 10.0. The number of anilines is 3. The highest BCUT2D eigenvalue weighted by molar-refractivity contribution is 5.98. The molecule has 0 radical (unpaired) electrons. The van der Waals surface area contributed by atoms with E-state index in [0.29, 0.717) is 22.8 Å². The standard InChI is InChI=1S/C23H21F2N5O2/c24-16-4-7-19(25)15(10-16)12-27-20-11-21(28-13-18(20)22(26)31)29-17-5-2-14(3-6-17)23(32)30-8-1-9-30/h2-7,10-11,13H,1,8-9,12H2,(H2,26,31)(H2,27,28,29). The molecular weight excluding hydrogens is 416 g/mol. The molecule has 9 heteroatoms. The number of nitrogens with two attached hydrogens (primary N) is 1. The number of hydrogen-bond acceptors (Lipinski definition) is 5. The molecule has 7 nitrogen and oxygen atoms in total. The number of primary amides is 1. The van der Waals surface area contributed by atoms with Crippen molar-refractivity contribution in [2.45, 2.75) is 13.0 Å². The minimum Gasteiger partial charge on any atom is -0.380 e. The van der Waals surface area contributed by atoms with Crippen LogP contribution in [-0.2, 0) is 6.54 Å². The maximum atomic E-state index is 13.9. The first-order valence-electron chi connectivity index (χ1n) is 10.0. The van der Waals surface area contributed by atoms with Crippen LogP contribution < -0.4 is 16.4 Å². The van der Waals surface area contributed by atoms with Gasteiger partial charge in [-0.1, -0.05) is 0 Å². The molecule has 1 aromatic heterocycles. The average molecular weight is 437 g/mol. The van der Waals surface area contributed by atoms with Gasteiger partial charge in [-0.15, -0.1) is 0 Å². The van der Waals surface area contributed by atoms with Crippen LogP contribution in [0.5, 0.6) is 0 Å². The van der Waals surface area contributed by atoms with Gasteiger partial charge < -0.3 is 21.3 Å². The number of likely N-dealkylation sites (tertiary alicyclic amines) is 1. The summed E-state index contributed by atoms with van der Waals surface area (Å²) in [6.07, 6.45) is 2.33. The van der Waals surface area contributed by atoms with Crippen molar-refractivity contribution < 1.29 is 18.4 Å². The molecule has 1 aliphatic rings. The van der Waals surface area contributed by atoms with Gasteiger partial charge in [0, 0.05) is 48.7 Å². The Morgan fingerprint density at radius 2 is 1.81 bits per heavy atom. The molecule has 0 aliphatic carbocycles. The normalized spacial score (nSPS) is 12.8. The van der Waals surface area contributed by atoms with Gasteiger partial charge in [-0.05, 0) is 48.9 Å². The summed E-state index contributed by atoms with van der Waals surface area (Å²) in [5.41, 5.74) is 7.25. The number of halogens is 2. The van der Waals surface area contributed by atoms with E-state index in [2.05, 4.69) is 15.6 Å². The van der Waals surface area contributed by atoms with Crippen molar-refractivity contribution >= 4 is 29.0 Å². The third kappa shape index (κ3) is 4.66. The Morgan fingerprint density at radius 3 is 2.47 bits per heavy atom. The number of nitrogens with one attached hydrogen (secondary N) is 2. The molecule has 32 heavy (non-hydrogen) atoms. The Labute approximate surface area is 183 Å². The number of pyridine rings is 1. The Balaban J connectivity index is 1.50. The zero-order valence-electron chi connectivity index (χ0n) is 17.1. The summed E-state index contributed by atoms with van der Waals surface area (Å²) in [5.74, 6) is -1.44. The lowest BCUT2D eigenvalue weighted by Crippen LogP contribution is -2.41. The maximum absolute atomic E-state index is 13.9. The lowest BCUT2D eigenvalue weighted by molar-refractivity contribution is 0.0651. The first kappa shape index (κ1) is 21.2. The van der Waals surface area contributed by atoms with Crippen LogP contribution in [0.4, 0.5) is 26.0 Å². The summed E-state index contributed by atoms with van der Waals surface area (Å²) in [7, 11) is 0. The number of carbonyl (C=O) groups is 2. The second kappa shape index (κ2) is 9.01. The number of carbonyl (C=O) groups excluding carboxylic acids is 2. The summed E-state index contributed by atoms with van der Waals surface area (Å²) >= 11 is 0. The fourth-order valence-electron chi connectivity index (χ4n) is 3.28. The molecular formula is C23H21F2N5O2. The number of rotatable bonds is 7. The Morgan fingerprint density at radius 1 is 1.06 bits per heavy atom. The lowest BCUT2D eigenvalue weighted by Gasteiger charge is -2.30. The highest BCUT2D eigenvalue weighted by Crippen LogP contribution is 2.23. The molecule has 1 aliphatic heterocycles. The molecule has 164 valence electrons. The second-order valence-corrected chi connectivity index (χ2v) is 7.42. The molecule has 0 bridgehead atoms. The van der Waals surface area contributed by atoms with Crippen molar-refractivity contribution in [3.05, 3.63) is 83.1 Å². The van der Waals surface area contributed by atoms with Gasteiger partial charge in [0.25, 0.3) is 11.8 Å². The van der Waals surface area contributed by atoms with E-state index in [1.807, 2.05) is 0 Å². The largest absolute Gasteiger partial charge is 0.380 e. The van der Waals surface area contributed by atoms with Crippen molar-refractivity contribution in [2.75, 3.05) is 23.7 Å². The Kier molecular flexibility index (Phi) is 5.98. The fourth-order valence-corrected chi connectivity index (χ4v) is 3.28. The quantitative estimate of drug-likeness (QED) is 0.524. The predicted molar refractivity (Wildman–Crippen MR) is 117 cm³/mol. The zero-order valence-corrected chi connectivity index (χ0v) is 17.1. The van der Waals surface area contributed by atoms with Crippen molar-refractivity contribution in [2.24, 2.45) is 5.73 Å². The topological polar surface area (TPSA) is 100 Å². The van der Waals surface area contributed by atoms with Crippen LogP contribution in [0.25, 0.3) is 0 Å². The van der Waals surface area contributed by atoms with E-state index >= 15 is 0 Å². The smallest absolute Gasteiger partial charge is 0.253 e. The third-order valence-corrected chi connectivity index (χ3v) is 5.19. The lowest BCUT2D eigenvalue weighted by atomic mass is 10.1. The van der Waals surface area contributed by atoms with E-state index in [0.717, 1.165) is 37.7 Å². The molecule has 0 atom stereocenters. The van der Waals surface area contributed by atoms with E-state index in [1.165, 1.54) is 6.20 Å². The summed E-state index contributed by atoms with van der Waals surface area (Å²) in [4.78, 5) is 30.0. The minimum atomic E-state index is -0.708. The molecule has 4 N–H and O–H groups in total. The number of benzene rings is 2. The number of aromatic nitrogens is 1. The van der Waals surface area contributed by atoms with Crippen LogP contribution in [0.3, 0.4) is 0 Å². The van der Waals surface area contributed by atoms with Crippen LogP contribution in [0.2, 0.25) is 0 Å². The molecule has 1 fully saturated rings. The van der Waals surface area contributed by atoms with E-state index in [9.17, 15) is 18.4 Å². The third-order valence-electron chi connectivity index (χ3n) is 5.19. The monoisotopic (exact) mass is 437 g/mol. The molecule has 0 spiro atoms. The van der Waals surface area contributed by atoms with Crippen molar-refractivity contribution in [3.63, 3.8) is 0 Å². The van der Waals surface area contributed by atoms with Gasteiger partial charge in [0.05, 0.1) is 11.3 Å². The van der Waals surface area contributed by atoms with Crippen LogP contribution in [0.1, 0.15) is 32.7 Å². The predicted octanol–water partition coefficient (Wildman–Crippen LogP) is 3.66. The molecule has 2 amide bonds. The number of amides is 2. The van der Waals surface area contributed by atoms with E-state index < -0.39 is 17.5 Å². The summed E-state index contributed by atoms with van der Waals surface area (Å²) < 4.78 is 27.3. The molecule has 0 saturated carbocycles. The van der Waals surface area contributed by atoms with Crippen molar-refractivity contribution in [1.82, 2.24) is 9.88 Å². The first-order chi connectivity index (χ1) is 15.4. The summed E-state index contributed by atoms with van der Waals surface area (Å²) in [6.45, 7) is 1.51. The van der Waals surface area contributed by atoms with Crippen molar-refractivity contribution in [1.29, 1.82) is 0 Å². The molecule has 1 saturated heterocycles. The fraction of sp³-hybridized carbons (Fsp3) is 0.174. The Bertz CT molecular complexity index is 1160.